The van der Waals surface area contributed by atoms with E-state index in [1.807, 2.05) is 0 Å². The molecule has 1 heterocycles. The Labute approximate surface area is 102 Å². The lowest BCUT2D eigenvalue weighted by atomic mass is 10.2. The van der Waals surface area contributed by atoms with Crippen molar-refractivity contribution in [2.45, 2.75) is 3.79 Å². The summed E-state index contributed by atoms with van der Waals surface area (Å²) >= 11 is 16.3. The second-order valence-corrected chi connectivity index (χ2v) is 5.04. The van der Waals surface area contributed by atoms with Gasteiger partial charge in [-0.15, -0.1) is 0 Å². The summed E-state index contributed by atoms with van der Waals surface area (Å²) in [5.74, 6) is -0.615. The van der Waals surface area contributed by atoms with Gasteiger partial charge in [0.05, 0.1) is 12.3 Å². The molecule has 0 aliphatic heterocycles. The molecule has 0 aliphatic carbocycles. The number of alkyl halides is 3. The van der Waals surface area contributed by atoms with Crippen LogP contribution in [-0.4, -0.2) is 26.3 Å². The zero-order chi connectivity index (χ0) is 11.5. The number of carbonyl (C=O) groups excluding carboxylic acids is 1. The van der Waals surface area contributed by atoms with Gasteiger partial charge < -0.3 is 10.1 Å². The maximum atomic E-state index is 11.5. The minimum atomic E-state index is -1.96. The molecule has 1 rings (SSSR count). The Bertz CT molecular complexity index is 379. The van der Waals surface area contributed by atoms with E-state index in [9.17, 15) is 4.79 Å². The number of Topliss-reactive ketones (excluding diaryl/α,β-unsaturated/α-hetero) is 1. The highest BCUT2D eigenvalue weighted by molar-refractivity contribution is 6.77. The van der Waals surface area contributed by atoms with Crippen molar-refractivity contribution in [2.24, 2.45) is 0 Å². The number of rotatable bonds is 3. The van der Waals surface area contributed by atoms with E-state index in [0.29, 0.717) is 0 Å². The van der Waals surface area contributed by atoms with E-state index >= 15 is 0 Å². The highest BCUT2D eigenvalue weighted by Gasteiger charge is 2.32. The molecule has 6 heteroatoms. The van der Waals surface area contributed by atoms with Gasteiger partial charge in [-0.3, -0.25) is 4.79 Å². The maximum Gasteiger partial charge on any atom is 0.254 e. The molecule has 0 aliphatic rings. The highest BCUT2D eigenvalue weighted by atomic mass is 35.6. The van der Waals surface area contributed by atoms with Gasteiger partial charge in [-0.25, -0.2) is 0 Å². The molecule has 0 fully saturated rings. The van der Waals surface area contributed by atoms with Crippen molar-refractivity contribution in [3.8, 4) is 0 Å². The normalized spacial score (nSPS) is 12.3. The number of aliphatic hydroxyl groups is 1. The molecule has 0 bridgehead atoms. The second-order valence-electron chi connectivity index (χ2n) is 2.76. The Kier molecular flexibility index (Phi) is 4.22. The molecular weight excluding hydrogens is 260 g/mol. The number of hydrogen-bond acceptors (Lipinski definition) is 2. The smallest absolute Gasteiger partial charge is 0.254 e. The number of nitrogens with one attached hydrogen (secondary N) is 1. The van der Waals surface area contributed by atoms with Crippen LogP contribution in [0.5, 0.6) is 0 Å². The average molecular weight is 269 g/mol. The van der Waals surface area contributed by atoms with Gasteiger partial charge >= 0.3 is 0 Å². The van der Waals surface area contributed by atoms with Gasteiger partial charge in [-0.1, -0.05) is 47.0 Å². The SMILES string of the molecule is O=C(c1cc(C=CCO)c[nH]1)C(Cl)(Cl)Cl. The summed E-state index contributed by atoms with van der Waals surface area (Å²) in [6.07, 6.45) is 4.76. The maximum absolute atomic E-state index is 11.5. The Morgan fingerprint density at radius 3 is 2.73 bits per heavy atom. The molecule has 0 aromatic carbocycles. The molecule has 0 unspecified atom stereocenters. The van der Waals surface area contributed by atoms with E-state index in [2.05, 4.69) is 4.98 Å². The van der Waals surface area contributed by atoms with E-state index in [-0.39, 0.29) is 12.3 Å². The van der Waals surface area contributed by atoms with E-state index in [1.165, 1.54) is 12.1 Å². The standard InChI is InChI=1S/C9H8Cl3NO2/c10-9(11,12)8(15)7-4-6(5-13-7)2-1-3-14/h1-2,4-5,13-14H,3H2. The summed E-state index contributed by atoms with van der Waals surface area (Å²) in [6.45, 7) is -0.0705. The number of H-pyrrole nitrogens is 1. The van der Waals surface area contributed by atoms with Crippen LogP contribution in [0.3, 0.4) is 0 Å². The predicted octanol–water partition coefficient (Wildman–Crippen LogP) is 2.57. The van der Waals surface area contributed by atoms with Gasteiger partial charge in [0.2, 0.25) is 5.78 Å². The molecule has 2 N–H and O–H groups in total. The zero-order valence-electron chi connectivity index (χ0n) is 7.51. The molecule has 15 heavy (non-hydrogen) atoms. The molecule has 1 aromatic rings. The third kappa shape index (κ3) is 3.54. The number of hydrogen-bond donors (Lipinski definition) is 2. The predicted molar refractivity (Wildman–Crippen MR) is 61.5 cm³/mol. The van der Waals surface area contributed by atoms with Crippen molar-refractivity contribution in [3.05, 3.63) is 29.6 Å². The summed E-state index contributed by atoms with van der Waals surface area (Å²) in [5.41, 5.74) is 0.939. The lowest BCUT2D eigenvalue weighted by Gasteiger charge is -2.06. The van der Waals surface area contributed by atoms with Gasteiger partial charge in [0, 0.05) is 6.20 Å². The Morgan fingerprint density at radius 2 is 2.20 bits per heavy atom. The van der Waals surface area contributed by atoms with Gasteiger partial charge in [0.25, 0.3) is 3.79 Å². The first-order chi connectivity index (χ1) is 6.95. The molecule has 0 spiro atoms. The van der Waals surface area contributed by atoms with Gasteiger partial charge in [0.1, 0.15) is 0 Å². The van der Waals surface area contributed by atoms with Crippen LogP contribution in [0.4, 0.5) is 0 Å². The first kappa shape index (κ1) is 12.6. The molecule has 0 saturated carbocycles. The van der Waals surface area contributed by atoms with Crippen molar-refractivity contribution >= 4 is 46.7 Å². The number of aromatic amines is 1. The summed E-state index contributed by atoms with van der Waals surface area (Å²) in [5, 5.41) is 8.55. The van der Waals surface area contributed by atoms with Crippen LogP contribution in [-0.2, 0) is 0 Å². The third-order valence-electron chi connectivity index (χ3n) is 1.62. The van der Waals surface area contributed by atoms with Gasteiger partial charge in [-0.05, 0) is 11.6 Å². The van der Waals surface area contributed by atoms with Crippen LogP contribution in [0, 0.1) is 0 Å². The van der Waals surface area contributed by atoms with Crippen molar-refractivity contribution < 1.29 is 9.90 Å². The van der Waals surface area contributed by atoms with E-state index < -0.39 is 9.58 Å². The van der Waals surface area contributed by atoms with Crippen LogP contribution >= 0.6 is 34.8 Å². The molecule has 0 radical (unpaired) electrons. The fourth-order valence-corrected chi connectivity index (χ4v) is 1.29. The van der Waals surface area contributed by atoms with Crippen LogP contribution in [0.2, 0.25) is 0 Å². The largest absolute Gasteiger partial charge is 0.392 e. The first-order valence-electron chi connectivity index (χ1n) is 4.02. The average Bonchev–Trinajstić information content (AvgIpc) is 2.60. The number of carbonyl (C=O) groups is 1. The second kappa shape index (κ2) is 5.03. The monoisotopic (exact) mass is 267 g/mol. The van der Waals surface area contributed by atoms with E-state index in [1.54, 1.807) is 12.3 Å². The van der Waals surface area contributed by atoms with Crippen molar-refractivity contribution in [1.29, 1.82) is 0 Å². The van der Waals surface area contributed by atoms with Crippen LogP contribution < -0.4 is 0 Å². The molecule has 3 nitrogen and oxygen atoms in total. The molecule has 82 valence electrons. The third-order valence-corrected chi connectivity index (χ3v) is 2.14. The van der Waals surface area contributed by atoms with Gasteiger partial charge in [0.15, 0.2) is 0 Å². The Balaban J connectivity index is 2.85. The topological polar surface area (TPSA) is 53.1 Å². The van der Waals surface area contributed by atoms with Crippen LogP contribution in [0.25, 0.3) is 6.08 Å². The fourth-order valence-electron chi connectivity index (χ4n) is 0.980. The first-order valence-corrected chi connectivity index (χ1v) is 5.16. The fraction of sp³-hybridized carbons (Fsp3) is 0.222. The Morgan fingerprint density at radius 1 is 1.53 bits per heavy atom. The summed E-state index contributed by atoms with van der Waals surface area (Å²) in [7, 11) is 0. The van der Waals surface area contributed by atoms with E-state index in [0.717, 1.165) is 5.56 Å². The van der Waals surface area contributed by atoms with Crippen molar-refractivity contribution in [3.63, 3.8) is 0 Å². The van der Waals surface area contributed by atoms with Gasteiger partial charge in [-0.2, -0.15) is 0 Å². The number of ketones is 1. The molecule has 0 saturated heterocycles. The molecule has 1 aromatic heterocycles. The zero-order valence-corrected chi connectivity index (χ0v) is 9.77. The number of halogens is 3. The van der Waals surface area contributed by atoms with Crippen molar-refractivity contribution in [2.75, 3.05) is 6.61 Å². The molecular formula is C9H8Cl3NO2. The summed E-state index contributed by atoms with van der Waals surface area (Å²) in [4.78, 5) is 14.1. The minimum Gasteiger partial charge on any atom is -0.392 e. The summed E-state index contributed by atoms with van der Waals surface area (Å²) < 4.78 is -1.96. The highest BCUT2D eigenvalue weighted by Crippen LogP contribution is 2.30. The number of aromatic nitrogens is 1. The van der Waals surface area contributed by atoms with Crippen molar-refractivity contribution in [1.82, 2.24) is 4.98 Å². The van der Waals surface area contributed by atoms with E-state index in [4.69, 9.17) is 39.9 Å². The molecule has 0 amide bonds. The lowest BCUT2D eigenvalue weighted by Crippen LogP contribution is -2.19. The Hall–Kier alpha value is -0.480. The molecule has 0 atom stereocenters. The quantitative estimate of drug-likeness (QED) is 0.654. The summed E-state index contributed by atoms with van der Waals surface area (Å²) in [6, 6.07) is 1.54. The number of aliphatic hydroxyl groups excluding tert-OH is 1. The lowest BCUT2D eigenvalue weighted by molar-refractivity contribution is 0.0992. The van der Waals surface area contributed by atoms with Crippen LogP contribution in [0.15, 0.2) is 18.3 Å². The minimum absolute atomic E-state index is 0.0705. The van der Waals surface area contributed by atoms with Crippen LogP contribution in [0.1, 0.15) is 16.1 Å².